The second kappa shape index (κ2) is 7.18. The van der Waals surface area contributed by atoms with Gasteiger partial charge in [-0.25, -0.2) is 0 Å². The first-order chi connectivity index (χ1) is 9.11. The van der Waals surface area contributed by atoms with Crippen molar-refractivity contribution in [3.8, 4) is 0 Å². The van der Waals surface area contributed by atoms with E-state index in [-0.39, 0.29) is 6.04 Å². The van der Waals surface area contributed by atoms with Crippen molar-refractivity contribution in [1.29, 1.82) is 0 Å². The summed E-state index contributed by atoms with van der Waals surface area (Å²) in [6.45, 7) is 4.59. The quantitative estimate of drug-likeness (QED) is 0.660. The minimum Gasteiger partial charge on any atom is -0.271 e. The number of nitrogens with zero attached hydrogens (tertiary/aromatic N) is 1. The maximum atomic E-state index is 6.17. The number of rotatable bonds is 4. The molecule has 1 aromatic heterocycles. The number of hydrogen-bond donors (Lipinski definition) is 2. The highest BCUT2D eigenvalue weighted by Gasteiger charge is 2.31. The summed E-state index contributed by atoms with van der Waals surface area (Å²) in [7, 11) is 0. The van der Waals surface area contributed by atoms with E-state index in [1.807, 2.05) is 29.6 Å². The molecule has 2 heterocycles. The molecular weight excluding hydrogens is 298 g/mol. The van der Waals surface area contributed by atoms with Gasteiger partial charge >= 0.3 is 0 Å². The second-order valence-electron chi connectivity index (χ2n) is 4.86. The zero-order chi connectivity index (χ0) is 13.8. The predicted octanol–water partition coefficient (Wildman–Crippen LogP) is 2.74. The van der Waals surface area contributed by atoms with Gasteiger partial charge in [-0.15, -0.1) is 0 Å². The van der Waals surface area contributed by atoms with Crippen LogP contribution < -0.4 is 11.3 Å². The van der Waals surface area contributed by atoms with Gasteiger partial charge in [0.1, 0.15) is 0 Å². The van der Waals surface area contributed by atoms with Gasteiger partial charge in [-0.05, 0) is 18.1 Å². The van der Waals surface area contributed by atoms with Crippen molar-refractivity contribution in [2.75, 3.05) is 5.75 Å². The molecule has 0 aromatic carbocycles. The minimum atomic E-state index is 0.243. The van der Waals surface area contributed by atoms with E-state index in [1.165, 1.54) is 0 Å². The number of nitrogens with two attached hydrogens (primary N) is 1. The van der Waals surface area contributed by atoms with Crippen molar-refractivity contribution in [1.82, 2.24) is 10.4 Å². The van der Waals surface area contributed by atoms with Gasteiger partial charge in [-0.1, -0.05) is 25.4 Å². The van der Waals surface area contributed by atoms with Gasteiger partial charge in [-0.2, -0.15) is 23.5 Å². The summed E-state index contributed by atoms with van der Waals surface area (Å²) in [4.78, 5) is 4.02. The number of nitrogens with one attached hydrogen (secondary N) is 1. The zero-order valence-electron chi connectivity index (χ0n) is 11.2. The Hall–Kier alpha value is 0.0600. The number of thioether (sulfide) groups is 2. The molecule has 0 spiro atoms. The first-order valence-electron chi connectivity index (χ1n) is 6.43. The van der Waals surface area contributed by atoms with Gasteiger partial charge in [0.05, 0.1) is 5.02 Å². The molecule has 3 nitrogen and oxygen atoms in total. The number of hydrogen-bond acceptors (Lipinski definition) is 5. The third-order valence-corrected chi connectivity index (χ3v) is 7.42. The van der Waals surface area contributed by atoms with E-state index in [0.29, 0.717) is 15.7 Å². The molecule has 1 aliphatic heterocycles. The van der Waals surface area contributed by atoms with Gasteiger partial charge in [0.2, 0.25) is 0 Å². The largest absolute Gasteiger partial charge is 0.271 e. The summed E-state index contributed by atoms with van der Waals surface area (Å²) in [6, 6.07) is 2.21. The molecule has 2 rings (SSSR count). The molecule has 1 aliphatic rings. The highest BCUT2D eigenvalue weighted by atomic mass is 35.5. The van der Waals surface area contributed by atoms with Gasteiger partial charge in [0.25, 0.3) is 0 Å². The molecule has 1 saturated heterocycles. The lowest BCUT2D eigenvalue weighted by atomic mass is 10.1. The van der Waals surface area contributed by atoms with E-state index in [1.54, 1.807) is 12.4 Å². The van der Waals surface area contributed by atoms with Crippen molar-refractivity contribution in [3.05, 3.63) is 29.0 Å². The Morgan fingerprint density at radius 1 is 1.53 bits per heavy atom. The molecular formula is C13H20ClN3S2. The van der Waals surface area contributed by atoms with E-state index >= 15 is 0 Å². The van der Waals surface area contributed by atoms with Gasteiger partial charge < -0.3 is 0 Å². The Kier molecular flexibility index (Phi) is 5.84. The van der Waals surface area contributed by atoms with E-state index in [0.717, 1.165) is 22.8 Å². The number of hydrazine groups is 1. The van der Waals surface area contributed by atoms with Crippen LogP contribution in [0, 0.1) is 0 Å². The van der Waals surface area contributed by atoms with Crippen molar-refractivity contribution < 1.29 is 0 Å². The van der Waals surface area contributed by atoms with E-state index in [4.69, 9.17) is 17.4 Å². The third kappa shape index (κ3) is 4.02. The Morgan fingerprint density at radius 2 is 2.32 bits per heavy atom. The van der Waals surface area contributed by atoms with Crippen molar-refractivity contribution >= 4 is 35.1 Å². The first kappa shape index (κ1) is 15.4. The molecule has 0 radical (unpaired) electrons. The third-order valence-electron chi connectivity index (χ3n) is 3.53. The molecule has 6 heteroatoms. The molecule has 4 atom stereocenters. The Bertz CT molecular complexity index is 419. The predicted molar refractivity (Wildman–Crippen MR) is 86.8 cm³/mol. The van der Waals surface area contributed by atoms with Crippen LogP contribution in [0.25, 0.3) is 0 Å². The molecule has 0 bridgehead atoms. The highest BCUT2D eigenvalue weighted by Crippen LogP contribution is 2.37. The van der Waals surface area contributed by atoms with E-state index < -0.39 is 0 Å². The molecule has 19 heavy (non-hydrogen) atoms. The molecule has 0 amide bonds. The SMILES string of the molecule is CC1SCC(C(Cc2ccncc2Cl)NN)SC1C. The maximum absolute atomic E-state index is 6.17. The Labute approximate surface area is 128 Å². The molecule has 0 saturated carbocycles. The lowest BCUT2D eigenvalue weighted by molar-refractivity contribution is 0.521. The molecule has 4 unspecified atom stereocenters. The summed E-state index contributed by atoms with van der Waals surface area (Å²) in [5.41, 5.74) is 4.08. The van der Waals surface area contributed by atoms with Crippen LogP contribution in [0.1, 0.15) is 19.4 Å². The van der Waals surface area contributed by atoms with Crippen LogP contribution >= 0.6 is 35.1 Å². The van der Waals surface area contributed by atoms with Crippen LogP contribution in [-0.2, 0) is 6.42 Å². The zero-order valence-corrected chi connectivity index (χ0v) is 13.6. The van der Waals surface area contributed by atoms with Gasteiger partial charge in [-0.3, -0.25) is 16.3 Å². The summed E-state index contributed by atoms with van der Waals surface area (Å²) in [6.07, 6.45) is 4.32. The summed E-state index contributed by atoms with van der Waals surface area (Å²) >= 11 is 10.2. The van der Waals surface area contributed by atoms with Crippen LogP contribution in [0.4, 0.5) is 0 Å². The fraction of sp³-hybridized carbons (Fsp3) is 0.615. The Morgan fingerprint density at radius 3 is 2.95 bits per heavy atom. The smallest absolute Gasteiger partial charge is 0.0621 e. The maximum Gasteiger partial charge on any atom is 0.0621 e. The average molecular weight is 318 g/mol. The monoisotopic (exact) mass is 317 g/mol. The first-order valence-corrected chi connectivity index (χ1v) is 8.80. The fourth-order valence-electron chi connectivity index (χ4n) is 2.12. The fourth-order valence-corrected chi connectivity index (χ4v) is 5.43. The summed E-state index contributed by atoms with van der Waals surface area (Å²) in [5, 5.41) is 2.61. The van der Waals surface area contributed by atoms with Crippen molar-refractivity contribution in [2.24, 2.45) is 5.84 Å². The molecule has 1 aromatic rings. The number of pyridine rings is 1. The van der Waals surface area contributed by atoms with Gasteiger partial charge in [0.15, 0.2) is 0 Å². The van der Waals surface area contributed by atoms with Gasteiger partial charge in [0, 0.05) is 39.9 Å². The number of halogens is 1. The van der Waals surface area contributed by atoms with Crippen LogP contribution in [0.2, 0.25) is 5.02 Å². The van der Waals surface area contributed by atoms with Crippen LogP contribution in [0.5, 0.6) is 0 Å². The average Bonchev–Trinajstić information content (AvgIpc) is 2.41. The van der Waals surface area contributed by atoms with Crippen LogP contribution in [0.15, 0.2) is 18.5 Å². The second-order valence-corrected chi connectivity index (χ2v) is 8.30. The van der Waals surface area contributed by atoms with E-state index in [2.05, 4.69) is 24.3 Å². The minimum absolute atomic E-state index is 0.243. The molecule has 3 N–H and O–H groups in total. The van der Waals surface area contributed by atoms with Crippen molar-refractivity contribution in [3.63, 3.8) is 0 Å². The molecule has 106 valence electrons. The topological polar surface area (TPSA) is 50.9 Å². The Balaban J connectivity index is 2.02. The van der Waals surface area contributed by atoms with Crippen LogP contribution in [-0.4, -0.2) is 32.5 Å². The molecule has 0 aliphatic carbocycles. The normalized spacial score (nSPS) is 29.2. The highest BCUT2D eigenvalue weighted by molar-refractivity contribution is 8.07. The standard InChI is InChI=1S/C13H20ClN3S2/c1-8-9(2)19-13(7-18-8)12(17-15)5-10-3-4-16-6-11(10)14/h3-4,6,8-9,12-13,17H,5,7,15H2,1-2H3. The van der Waals surface area contributed by atoms with Crippen molar-refractivity contribution in [2.45, 2.75) is 42.1 Å². The lowest BCUT2D eigenvalue weighted by Crippen LogP contribution is -2.47. The number of aromatic nitrogens is 1. The van der Waals surface area contributed by atoms with E-state index in [9.17, 15) is 0 Å². The lowest BCUT2D eigenvalue weighted by Gasteiger charge is -2.35. The summed E-state index contributed by atoms with van der Waals surface area (Å²) < 4.78 is 0. The van der Waals surface area contributed by atoms with Crippen LogP contribution in [0.3, 0.4) is 0 Å². The summed E-state index contributed by atoms with van der Waals surface area (Å²) in [5.74, 6) is 6.88. The molecule has 1 fully saturated rings.